The molecule has 1 N–H and O–H groups in total. The largest absolute Gasteiger partial charge is 0.507 e. The van der Waals surface area contributed by atoms with Crippen LogP contribution >= 0.6 is 23.1 Å². The van der Waals surface area contributed by atoms with Gasteiger partial charge in [-0.05, 0) is 60.0 Å². The van der Waals surface area contributed by atoms with E-state index < -0.39 is 17.7 Å². The van der Waals surface area contributed by atoms with Crippen LogP contribution in [0.3, 0.4) is 0 Å². The van der Waals surface area contributed by atoms with Gasteiger partial charge in [0, 0.05) is 23.7 Å². The Balaban J connectivity index is 1.49. The Hall–Kier alpha value is -4.09. The summed E-state index contributed by atoms with van der Waals surface area (Å²) in [4.78, 5) is 31.9. The van der Waals surface area contributed by atoms with Crippen molar-refractivity contribution in [3.63, 3.8) is 0 Å². The SMILES string of the molecule is CCCOc1ccc(/C(O)=C2/C(=O)C(=O)N(c3nnc(SCc4ccccc4F)s3)C2c2ccncc2)cc1. The van der Waals surface area contributed by atoms with Crippen molar-refractivity contribution >= 4 is 45.7 Å². The molecule has 1 amide bonds. The maximum Gasteiger partial charge on any atom is 0.301 e. The Morgan fingerprint density at radius 3 is 2.54 bits per heavy atom. The monoisotopic (exact) mass is 562 g/mol. The van der Waals surface area contributed by atoms with Crippen LogP contribution in [-0.4, -0.2) is 38.6 Å². The van der Waals surface area contributed by atoms with Crippen molar-refractivity contribution in [3.05, 3.63) is 101 Å². The first-order chi connectivity index (χ1) is 19.0. The molecule has 4 aromatic rings. The molecule has 0 spiro atoms. The molecule has 1 aliphatic rings. The number of rotatable bonds is 9. The molecular weight excluding hydrogens is 539 g/mol. The van der Waals surface area contributed by atoms with Gasteiger partial charge in [-0.1, -0.05) is 48.2 Å². The first-order valence-electron chi connectivity index (χ1n) is 12.1. The number of nitrogens with zero attached hydrogens (tertiary/aromatic N) is 4. The number of aromatic nitrogens is 3. The second kappa shape index (κ2) is 11.7. The van der Waals surface area contributed by atoms with Gasteiger partial charge < -0.3 is 9.84 Å². The second-order valence-electron chi connectivity index (χ2n) is 8.55. The number of thioether (sulfide) groups is 1. The van der Waals surface area contributed by atoms with E-state index in [0.29, 0.717) is 39.1 Å². The molecule has 5 rings (SSSR count). The number of anilines is 1. The number of ketones is 1. The summed E-state index contributed by atoms with van der Waals surface area (Å²) in [5, 5.41) is 19.8. The minimum atomic E-state index is -0.943. The summed E-state index contributed by atoms with van der Waals surface area (Å²) < 4.78 is 20.1. The maximum absolute atomic E-state index is 14.0. The zero-order valence-corrected chi connectivity index (χ0v) is 22.4. The second-order valence-corrected chi connectivity index (χ2v) is 10.7. The highest BCUT2D eigenvalue weighted by Gasteiger charge is 2.48. The predicted molar refractivity (Wildman–Crippen MR) is 147 cm³/mol. The predicted octanol–water partition coefficient (Wildman–Crippen LogP) is 5.78. The van der Waals surface area contributed by atoms with Gasteiger partial charge in [-0.2, -0.15) is 0 Å². The van der Waals surface area contributed by atoms with E-state index in [1.165, 1.54) is 22.7 Å². The number of carbonyl (C=O) groups excluding carboxylic acids is 2. The van der Waals surface area contributed by atoms with Gasteiger partial charge in [0.05, 0.1) is 18.2 Å². The Morgan fingerprint density at radius 2 is 1.82 bits per heavy atom. The van der Waals surface area contributed by atoms with Crippen molar-refractivity contribution in [1.29, 1.82) is 0 Å². The number of benzene rings is 2. The summed E-state index contributed by atoms with van der Waals surface area (Å²) in [7, 11) is 0. The smallest absolute Gasteiger partial charge is 0.301 e. The van der Waals surface area contributed by atoms with Gasteiger partial charge >= 0.3 is 5.91 Å². The van der Waals surface area contributed by atoms with Crippen LogP contribution in [0.2, 0.25) is 0 Å². The first-order valence-corrected chi connectivity index (χ1v) is 13.9. The number of hydrogen-bond acceptors (Lipinski definition) is 9. The molecule has 198 valence electrons. The number of aliphatic hydroxyl groups excluding tert-OH is 1. The third-order valence-electron chi connectivity index (χ3n) is 5.98. The van der Waals surface area contributed by atoms with Crippen LogP contribution in [0.4, 0.5) is 9.52 Å². The van der Waals surface area contributed by atoms with Gasteiger partial charge in [-0.3, -0.25) is 19.5 Å². The van der Waals surface area contributed by atoms with Crippen LogP contribution in [0.15, 0.2) is 83.0 Å². The van der Waals surface area contributed by atoms with Gasteiger partial charge in [-0.25, -0.2) is 4.39 Å². The van der Waals surface area contributed by atoms with Crippen LogP contribution < -0.4 is 9.64 Å². The fraction of sp³-hybridized carbons (Fsp3) is 0.179. The van der Waals surface area contributed by atoms with Crippen molar-refractivity contribution in [2.75, 3.05) is 11.5 Å². The Kier molecular flexibility index (Phi) is 7.99. The Labute approximate surface area is 232 Å². The van der Waals surface area contributed by atoms with Crippen molar-refractivity contribution < 1.29 is 23.8 Å². The molecule has 1 fully saturated rings. The fourth-order valence-corrected chi connectivity index (χ4v) is 5.94. The van der Waals surface area contributed by atoms with Crippen LogP contribution in [0.5, 0.6) is 5.75 Å². The number of ether oxygens (including phenoxy) is 1. The summed E-state index contributed by atoms with van der Waals surface area (Å²) >= 11 is 2.39. The Morgan fingerprint density at radius 1 is 1.08 bits per heavy atom. The van der Waals surface area contributed by atoms with E-state index in [4.69, 9.17) is 4.74 Å². The van der Waals surface area contributed by atoms with Crippen molar-refractivity contribution in [3.8, 4) is 5.75 Å². The molecule has 39 heavy (non-hydrogen) atoms. The summed E-state index contributed by atoms with van der Waals surface area (Å²) in [5.41, 5.74) is 1.39. The van der Waals surface area contributed by atoms with Gasteiger partial charge in [-0.15, -0.1) is 10.2 Å². The molecule has 1 aliphatic heterocycles. The number of halogens is 1. The molecule has 0 saturated carbocycles. The van der Waals surface area contributed by atoms with Crippen LogP contribution in [-0.2, 0) is 15.3 Å². The van der Waals surface area contributed by atoms with E-state index in [1.807, 2.05) is 6.92 Å². The van der Waals surface area contributed by atoms with Gasteiger partial charge in [0.1, 0.15) is 17.3 Å². The lowest BCUT2D eigenvalue weighted by atomic mass is 9.96. The maximum atomic E-state index is 14.0. The van der Waals surface area contributed by atoms with Gasteiger partial charge in [0.2, 0.25) is 5.13 Å². The number of aliphatic hydroxyl groups is 1. The lowest BCUT2D eigenvalue weighted by Gasteiger charge is -2.22. The zero-order chi connectivity index (χ0) is 27.4. The lowest BCUT2D eigenvalue weighted by Crippen LogP contribution is -2.29. The third-order valence-corrected chi connectivity index (χ3v) is 8.08. The van der Waals surface area contributed by atoms with Gasteiger partial charge in [0.25, 0.3) is 5.78 Å². The molecule has 0 bridgehead atoms. The van der Waals surface area contributed by atoms with Crippen LogP contribution in [0, 0.1) is 5.82 Å². The molecule has 3 heterocycles. The normalized spacial score (nSPS) is 16.6. The molecule has 1 atom stereocenters. The average molecular weight is 563 g/mol. The molecule has 1 saturated heterocycles. The molecule has 1 unspecified atom stereocenters. The van der Waals surface area contributed by atoms with Crippen LogP contribution in [0.1, 0.15) is 36.1 Å². The number of pyridine rings is 1. The van der Waals surface area contributed by atoms with Crippen LogP contribution in [0.25, 0.3) is 5.76 Å². The summed E-state index contributed by atoms with van der Waals surface area (Å²) in [5.74, 6) is -1.33. The van der Waals surface area contributed by atoms with E-state index >= 15 is 0 Å². The summed E-state index contributed by atoms with van der Waals surface area (Å²) in [6.45, 7) is 2.56. The highest BCUT2D eigenvalue weighted by molar-refractivity contribution is 8.00. The molecule has 8 nitrogen and oxygen atoms in total. The highest BCUT2D eigenvalue weighted by atomic mass is 32.2. The minimum Gasteiger partial charge on any atom is -0.507 e. The van der Waals surface area contributed by atoms with Crippen molar-refractivity contribution in [2.24, 2.45) is 0 Å². The molecule has 2 aromatic heterocycles. The zero-order valence-electron chi connectivity index (χ0n) is 20.8. The lowest BCUT2D eigenvalue weighted by molar-refractivity contribution is -0.132. The first kappa shape index (κ1) is 26.5. The number of hydrogen-bond donors (Lipinski definition) is 1. The van der Waals surface area contributed by atoms with E-state index in [-0.39, 0.29) is 22.3 Å². The average Bonchev–Trinajstić information content (AvgIpc) is 3.53. The molecule has 0 radical (unpaired) electrons. The number of Topliss-reactive ketones (excluding diaryl/α,β-unsaturated/α-hetero) is 1. The van der Waals surface area contributed by atoms with E-state index in [0.717, 1.165) is 17.8 Å². The molecule has 2 aromatic carbocycles. The number of carbonyl (C=O) groups is 2. The van der Waals surface area contributed by atoms with E-state index in [2.05, 4.69) is 15.2 Å². The highest BCUT2D eigenvalue weighted by Crippen LogP contribution is 2.44. The molecule has 0 aliphatic carbocycles. The van der Waals surface area contributed by atoms with Crippen molar-refractivity contribution in [2.45, 2.75) is 29.5 Å². The van der Waals surface area contributed by atoms with E-state index in [9.17, 15) is 19.1 Å². The van der Waals surface area contributed by atoms with E-state index in [1.54, 1.807) is 67.0 Å². The quantitative estimate of drug-likeness (QED) is 0.0900. The van der Waals surface area contributed by atoms with Crippen molar-refractivity contribution in [1.82, 2.24) is 15.2 Å². The number of amides is 1. The minimum absolute atomic E-state index is 0.0656. The van der Waals surface area contributed by atoms with Gasteiger partial charge in [0.15, 0.2) is 4.34 Å². The molecular formula is C28H23FN4O4S2. The standard InChI is InChI=1S/C28H23FN4O4S2/c1-2-15-37-20-9-7-18(8-10-20)24(34)22-23(17-11-13-30-14-12-17)33(26(36)25(22)35)27-31-32-28(39-27)38-16-19-5-3-4-6-21(19)29/h3-14,23,34H,2,15-16H2,1H3/b24-22-. The topological polar surface area (TPSA) is 106 Å². The molecule has 11 heteroatoms. The summed E-state index contributed by atoms with van der Waals surface area (Å²) in [6.07, 6.45) is 3.95. The summed E-state index contributed by atoms with van der Waals surface area (Å²) in [6, 6.07) is 15.5. The Bertz CT molecular complexity index is 1530. The fourth-order valence-electron chi connectivity index (χ4n) is 4.09. The third kappa shape index (κ3) is 5.55.